The molecule has 0 saturated heterocycles. The smallest absolute Gasteiger partial charge is 0.263 e. The van der Waals surface area contributed by atoms with Crippen molar-refractivity contribution >= 4 is 45.0 Å². The van der Waals surface area contributed by atoms with Gasteiger partial charge in [-0.3, -0.25) is 14.5 Å². The van der Waals surface area contributed by atoms with Gasteiger partial charge in [-0.2, -0.15) is 0 Å². The van der Waals surface area contributed by atoms with Crippen LogP contribution >= 0.6 is 23.2 Å². The molecule has 10 heteroatoms. The summed E-state index contributed by atoms with van der Waals surface area (Å²) in [6, 6.07) is 11.6. The topological polar surface area (TPSA) is 96.9 Å². The van der Waals surface area contributed by atoms with Gasteiger partial charge in [0.05, 0.1) is 23.1 Å². The van der Waals surface area contributed by atoms with Gasteiger partial charge < -0.3 is 10.1 Å². The van der Waals surface area contributed by atoms with Gasteiger partial charge in [0.2, 0.25) is 5.91 Å². The number of benzene rings is 2. The Morgan fingerprint density at radius 3 is 2.76 bits per heavy atom. The Morgan fingerprint density at radius 1 is 1.17 bits per heavy atom. The van der Waals surface area contributed by atoms with Gasteiger partial charge in [-0.15, -0.1) is 0 Å². The Morgan fingerprint density at radius 2 is 1.97 bits per heavy atom. The van der Waals surface area contributed by atoms with Gasteiger partial charge in [0.1, 0.15) is 11.6 Å². The zero-order valence-electron chi connectivity index (χ0n) is 15.3. The van der Waals surface area contributed by atoms with E-state index in [9.17, 15) is 13.2 Å². The Balaban J connectivity index is 1.38. The van der Waals surface area contributed by atoms with E-state index in [4.69, 9.17) is 27.9 Å². The van der Waals surface area contributed by atoms with Crippen molar-refractivity contribution in [3.8, 4) is 5.75 Å². The van der Waals surface area contributed by atoms with Gasteiger partial charge in [0, 0.05) is 23.6 Å². The van der Waals surface area contributed by atoms with Crippen molar-refractivity contribution < 1.29 is 17.9 Å². The van der Waals surface area contributed by atoms with E-state index in [1.807, 2.05) is 0 Å². The highest BCUT2D eigenvalue weighted by Gasteiger charge is 2.29. The van der Waals surface area contributed by atoms with Crippen LogP contribution in [0.2, 0.25) is 10.0 Å². The number of sulfonamides is 1. The first kappa shape index (κ1) is 21.4. The van der Waals surface area contributed by atoms with Gasteiger partial charge in [-0.25, -0.2) is 8.42 Å². The molecule has 0 fully saturated rings. The molecule has 0 atom stereocenters. The molecule has 1 heterocycles. The summed E-state index contributed by atoms with van der Waals surface area (Å²) in [7, 11) is -3.57. The molecular formula is C19H19Cl2N3O4S. The second-order valence-corrected chi connectivity index (χ2v) is 8.70. The number of fused-ring (bicyclic) bond motifs is 1. The van der Waals surface area contributed by atoms with Crippen LogP contribution in [-0.2, 0) is 14.8 Å². The molecule has 0 aromatic heterocycles. The minimum atomic E-state index is -3.57. The fourth-order valence-corrected chi connectivity index (χ4v) is 4.40. The van der Waals surface area contributed by atoms with Crippen LogP contribution in [0.1, 0.15) is 18.4 Å². The van der Waals surface area contributed by atoms with Crippen LogP contribution in [0.4, 0.5) is 0 Å². The maximum atomic E-state index is 12.0. The zero-order valence-corrected chi connectivity index (χ0v) is 17.6. The molecule has 0 radical (unpaired) electrons. The SMILES string of the molecule is O=C(CCN=C1NS(=O)(=O)c2ccccc21)NCCCOc1ccc(Cl)cc1Cl. The first-order valence-corrected chi connectivity index (χ1v) is 11.1. The van der Waals surface area contributed by atoms with E-state index in [1.54, 1.807) is 36.4 Å². The molecular weight excluding hydrogens is 437 g/mol. The van der Waals surface area contributed by atoms with Crippen LogP contribution in [0, 0.1) is 0 Å². The molecule has 1 aliphatic rings. The van der Waals surface area contributed by atoms with Crippen molar-refractivity contribution in [1.29, 1.82) is 0 Å². The number of hydrogen-bond donors (Lipinski definition) is 2. The van der Waals surface area contributed by atoms with Crippen molar-refractivity contribution in [2.24, 2.45) is 4.99 Å². The van der Waals surface area contributed by atoms with E-state index in [0.717, 1.165) is 0 Å². The standard InChI is InChI=1S/C19H19Cl2N3O4S/c20-13-6-7-16(15(21)12-13)28-11-3-9-22-18(25)8-10-23-19-14-4-1-2-5-17(14)29(26,27)24-19/h1-2,4-7,12H,3,8-11H2,(H,22,25)(H,23,24). The number of halogens is 2. The molecule has 0 spiro atoms. The second kappa shape index (κ2) is 9.47. The zero-order chi connectivity index (χ0) is 20.9. The van der Waals surface area contributed by atoms with Crippen molar-refractivity contribution in [3.63, 3.8) is 0 Å². The van der Waals surface area contributed by atoms with Crippen LogP contribution in [0.25, 0.3) is 0 Å². The molecule has 2 aromatic carbocycles. The lowest BCUT2D eigenvalue weighted by Crippen LogP contribution is -2.27. The summed E-state index contributed by atoms with van der Waals surface area (Å²) < 4.78 is 32.0. The monoisotopic (exact) mass is 455 g/mol. The minimum Gasteiger partial charge on any atom is -0.492 e. The molecule has 7 nitrogen and oxygen atoms in total. The van der Waals surface area contributed by atoms with Crippen molar-refractivity contribution in [2.45, 2.75) is 17.7 Å². The lowest BCUT2D eigenvalue weighted by molar-refractivity contribution is -0.120. The number of carbonyl (C=O) groups excluding carboxylic acids is 1. The van der Waals surface area contributed by atoms with E-state index >= 15 is 0 Å². The quantitative estimate of drug-likeness (QED) is 0.597. The lowest BCUT2D eigenvalue weighted by Gasteiger charge is -2.09. The normalized spacial score (nSPS) is 15.6. The van der Waals surface area contributed by atoms with Gasteiger partial charge in [-0.1, -0.05) is 35.3 Å². The summed E-state index contributed by atoms with van der Waals surface area (Å²) >= 11 is 11.8. The summed E-state index contributed by atoms with van der Waals surface area (Å²) in [4.78, 5) is 16.3. The predicted octanol–water partition coefficient (Wildman–Crippen LogP) is 3.01. The summed E-state index contributed by atoms with van der Waals surface area (Å²) in [6.07, 6.45) is 0.754. The number of hydrogen-bond acceptors (Lipinski definition) is 5. The molecule has 2 aromatic rings. The van der Waals surface area contributed by atoms with Crippen LogP contribution < -0.4 is 14.8 Å². The summed E-state index contributed by atoms with van der Waals surface area (Å²) in [5, 5.41) is 3.74. The number of amidine groups is 1. The van der Waals surface area contributed by atoms with Crippen molar-refractivity contribution in [3.05, 3.63) is 58.1 Å². The summed E-state index contributed by atoms with van der Waals surface area (Å²) in [5.41, 5.74) is 0.519. The predicted molar refractivity (Wildman–Crippen MR) is 112 cm³/mol. The van der Waals surface area contributed by atoms with Gasteiger partial charge >= 0.3 is 0 Å². The van der Waals surface area contributed by atoms with E-state index in [1.165, 1.54) is 6.07 Å². The fraction of sp³-hybridized carbons (Fsp3) is 0.263. The summed E-state index contributed by atoms with van der Waals surface area (Å²) in [6.45, 7) is 1.01. The van der Waals surface area contributed by atoms with E-state index in [-0.39, 0.29) is 29.6 Å². The Kier molecular flexibility index (Phi) is 7.00. The van der Waals surface area contributed by atoms with E-state index in [2.05, 4.69) is 15.0 Å². The Hall–Kier alpha value is -2.29. The van der Waals surface area contributed by atoms with Crippen LogP contribution in [0.15, 0.2) is 52.4 Å². The molecule has 2 N–H and O–H groups in total. The fourth-order valence-electron chi connectivity index (χ4n) is 2.68. The molecule has 0 unspecified atom stereocenters. The third-order valence-corrected chi connectivity index (χ3v) is 5.99. The number of amides is 1. The average molecular weight is 456 g/mol. The molecule has 154 valence electrons. The molecule has 29 heavy (non-hydrogen) atoms. The molecule has 1 aliphatic heterocycles. The van der Waals surface area contributed by atoms with Crippen molar-refractivity contribution in [1.82, 2.24) is 10.0 Å². The maximum absolute atomic E-state index is 12.0. The highest BCUT2D eigenvalue weighted by atomic mass is 35.5. The van der Waals surface area contributed by atoms with Crippen LogP contribution in [-0.4, -0.2) is 39.9 Å². The number of ether oxygens (including phenoxy) is 1. The number of aliphatic imine (C=N–C) groups is 1. The third kappa shape index (κ3) is 5.62. The Labute approximate surface area is 179 Å². The average Bonchev–Trinajstić information content (AvgIpc) is 2.94. The number of nitrogens with one attached hydrogen (secondary N) is 2. The molecule has 1 amide bonds. The molecule has 0 bridgehead atoms. The third-order valence-electron chi connectivity index (χ3n) is 4.07. The van der Waals surface area contributed by atoms with Gasteiger partial charge in [0.25, 0.3) is 10.0 Å². The number of nitrogens with zero attached hydrogens (tertiary/aromatic N) is 1. The second-order valence-electron chi connectivity index (χ2n) is 6.21. The maximum Gasteiger partial charge on any atom is 0.263 e. The van der Waals surface area contributed by atoms with Crippen LogP contribution in [0.3, 0.4) is 0 Å². The molecule has 0 saturated carbocycles. The number of rotatable bonds is 8. The van der Waals surface area contributed by atoms with Crippen LogP contribution in [0.5, 0.6) is 5.75 Å². The minimum absolute atomic E-state index is 0.150. The highest BCUT2D eigenvalue weighted by Crippen LogP contribution is 2.27. The molecule has 0 aliphatic carbocycles. The highest BCUT2D eigenvalue weighted by molar-refractivity contribution is 7.90. The lowest BCUT2D eigenvalue weighted by atomic mass is 10.2. The van der Waals surface area contributed by atoms with Gasteiger partial charge in [-0.05, 0) is 36.8 Å². The summed E-state index contributed by atoms with van der Waals surface area (Å²) in [5.74, 6) is 0.632. The first-order valence-electron chi connectivity index (χ1n) is 8.88. The molecule has 3 rings (SSSR count). The first-order chi connectivity index (χ1) is 13.9. The Bertz CT molecular complexity index is 1040. The van der Waals surface area contributed by atoms with Gasteiger partial charge in [0.15, 0.2) is 0 Å². The van der Waals surface area contributed by atoms with Crippen molar-refractivity contribution in [2.75, 3.05) is 19.7 Å². The van der Waals surface area contributed by atoms with E-state index in [0.29, 0.717) is 40.9 Å². The van der Waals surface area contributed by atoms with E-state index < -0.39 is 10.0 Å². The largest absolute Gasteiger partial charge is 0.492 e. The number of carbonyl (C=O) groups is 1.